The fourth-order valence-corrected chi connectivity index (χ4v) is 5.08. The largest absolute Gasteiger partial charge is 0.481 e. The maximum Gasteiger partial charge on any atom is 0.273 e. The third-order valence-electron chi connectivity index (χ3n) is 4.44. The molecule has 0 radical (unpaired) electrons. The van der Waals surface area contributed by atoms with Crippen molar-refractivity contribution in [3.8, 4) is 5.75 Å². The predicted octanol–water partition coefficient (Wildman–Crippen LogP) is 4.00. The van der Waals surface area contributed by atoms with Gasteiger partial charge in [-0.15, -0.1) is 11.3 Å². The number of amides is 1. The minimum Gasteiger partial charge on any atom is -0.481 e. The number of anilines is 2. The first kappa shape index (κ1) is 20.9. The molecule has 1 atom stereocenters. The van der Waals surface area contributed by atoms with Gasteiger partial charge in [-0.1, -0.05) is 24.3 Å². The molecule has 1 amide bonds. The van der Waals surface area contributed by atoms with Crippen LogP contribution in [0, 0.1) is 0 Å². The van der Waals surface area contributed by atoms with Crippen LogP contribution in [0.2, 0.25) is 0 Å². The molecule has 152 valence electrons. The quantitative estimate of drug-likeness (QED) is 0.568. The van der Waals surface area contributed by atoms with Crippen molar-refractivity contribution in [2.75, 3.05) is 23.3 Å². The molecule has 0 N–H and O–H groups in total. The van der Waals surface area contributed by atoms with Gasteiger partial charge < -0.3 is 9.64 Å². The molecule has 0 aliphatic heterocycles. The zero-order valence-electron chi connectivity index (χ0n) is 16.3. The molecule has 0 saturated carbocycles. The minimum absolute atomic E-state index is 0.183. The van der Waals surface area contributed by atoms with Crippen molar-refractivity contribution in [2.45, 2.75) is 17.2 Å². The molecule has 1 heterocycles. The summed E-state index contributed by atoms with van der Waals surface area (Å²) in [5, 5.41) is 1.72. The lowest BCUT2D eigenvalue weighted by Crippen LogP contribution is -2.38. The summed E-state index contributed by atoms with van der Waals surface area (Å²) in [4.78, 5) is 14.1. The number of benzene rings is 2. The second-order valence-corrected chi connectivity index (χ2v) is 9.54. The van der Waals surface area contributed by atoms with Gasteiger partial charge in [-0.2, -0.15) is 0 Å². The van der Waals surface area contributed by atoms with Crippen LogP contribution in [-0.2, 0) is 14.8 Å². The second kappa shape index (κ2) is 8.67. The first-order valence-electron chi connectivity index (χ1n) is 8.92. The standard InChI is InChI=1S/C21H22N2O4S2/c1-16(21(24)22(2)17-8-5-4-6-9-17)27-19-13-11-18(12-14-19)23(3)29(25,26)20-10-7-15-28-20/h4-16H,1-3H3/t16-/m1/s1. The molecule has 0 spiro atoms. The average Bonchev–Trinajstić information content (AvgIpc) is 3.29. The number of likely N-dealkylation sites (N-methyl/N-ethyl adjacent to an activating group) is 1. The van der Waals surface area contributed by atoms with E-state index >= 15 is 0 Å². The zero-order valence-corrected chi connectivity index (χ0v) is 18.0. The van der Waals surface area contributed by atoms with Crippen molar-refractivity contribution < 1.29 is 17.9 Å². The second-order valence-electron chi connectivity index (χ2n) is 6.39. The lowest BCUT2D eigenvalue weighted by Gasteiger charge is -2.23. The topological polar surface area (TPSA) is 66.9 Å². The van der Waals surface area contributed by atoms with Crippen molar-refractivity contribution in [1.29, 1.82) is 0 Å². The maximum absolute atomic E-state index is 12.6. The summed E-state index contributed by atoms with van der Waals surface area (Å²) in [7, 11) is -0.384. The number of hydrogen-bond donors (Lipinski definition) is 0. The van der Waals surface area contributed by atoms with Gasteiger partial charge in [-0.25, -0.2) is 8.42 Å². The fraction of sp³-hybridized carbons (Fsp3) is 0.190. The summed E-state index contributed by atoms with van der Waals surface area (Å²) < 4.78 is 32.5. The van der Waals surface area contributed by atoms with Gasteiger partial charge in [-0.3, -0.25) is 9.10 Å². The van der Waals surface area contributed by atoms with Crippen molar-refractivity contribution in [3.63, 3.8) is 0 Å². The molecule has 0 bridgehead atoms. The summed E-state index contributed by atoms with van der Waals surface area (Å²) in [5.41, 5.74) is 1.29. The van der Waals surface area contributed by atoms with E-state index in [-0.39, 0.29) is 10.1 Å². The third-order valence-corrected chi connectivity index (χ3v) is 7.60. The van der Waals surface area contributed by atoms with Crippen LogP contribution in [0.15, 0.2) is 76.3 Å². The van der Waals surface area contributed by atoms with E-state index in [1.54, 1.807) is 60.6 Å². The van der Waals surface area contributed by atoms with Crippen molar-refractivity contribution >= 4 is 38.6 Å². The summed E-state index contributed by atoms with van der Waals surface area (Å²) >= 11 is 1.17. The Hall–Kier alpha value is -2.84. The van der Waals surface area contributed by atoms with Crippen LogP contribution >= 0.6 is 11.3 Å². The normalized spacial score (nSPS) is 12.2. The van der Waals surface area contributed by atoms with E-state index in [2.05, 4.69) is 0 Å². The summed E-state index contributed by atoms with van der Waals surface area (Å²) in [5.74, 6) is 0.302. The Morgan fingerprint density at radius 3 is 2.17 bits per heavy atom. The molecule has 0 saturated heterocycles. The Kier molecular flexibility index (Phi) is 6.24. The van der Waals surface area contributed by atoms with Crippen LogP contribution in [0.5, 0.6) is 5.75 Å². The van der Waals surface area contributed by atoms with Crippen LogP contribution in [0.4, 0.5) is 11.4 Å². The number of carbonyl (C=O) groups excluding carboxylic acids is 1. The molecule has 0 fully saturated rings. The predicted molar refractivity (Wildman–Crippen MR) is 116 cm³/mol. The van der Waals surface area contributed by atoms with E-state index in [0.717, 1.165) is 5.69 Å². The van der Waals surface area contributed by atoms with Crippen LogP contribution in [0.25, 0.3) is 0 Å². The Labute approximate surface area is 175 Å². The molecule has 3 aromatic rings. The highest BCUT2D eigenvalue weighted by Crippen LogP contribution is 2.27. The molecule has 0 aliphatic carbocycles. The van der Waals surface area contributed by atoms with Crippen molar-refractivity contribution in [3.05, 3.63) is 72.1 Å². The number of para-hydroxylation sites is 1. The average molecular weight is 431 g/mol. The lowest BCUT2D eigenvalue weighted by atomic mass is 10.2. The van der Waals surface area contributed by atoms with Gasteiger partial charge in [-0.05, 0) is 54.8 Å². The Morgan fingerprint density at radius 2 is 1.59 bits per heavy atom. The molecule has 1 aromatic heterocycles. The highest BCUT2D eigenvalue weighted by atomic mass is 32.2. The lowest BCUT2D eigenvalue weighted by molar-refractivity contribution is -0.124. The van der Waals surface area contributed by atoms with Crippen molar-refractivity contribution in [1.82, 2.24) is 0 Å². The van der Waals surface area contributed by atoms with E-state index in [0.29, 0.717) is 11.4 Å². The smallest absolute Gasteiger partial charge is 0.273 e. The Balaban J connectivity index is 1.68. The number of nitrogens with zero attached hydrogens (tertiary/aromatic N) is 2. The van der Waals surface area contributed by atoms with Gasteiger partial charge in [0.05, 0.1) is 5.69 Å². The minimum atomic E-state index is -3.59. The Morgan fingerprint density at radius 1 is 0.931 bits per heavy atom. The number of thiophene rings is 1. The van der Waals surface area contributed by atoms with Gasteiger partial charge in [0.25, 0.3) is 15.9 Å². The highest BCUT2D eigenvalue weighted by molar-refractivity contribution is 7.94. The van der Waals surface area contributed by atoms with Gasteiger partial charge in [0.1, 0.15) is 9.96 Å². The number of ether oxygens (including phenoxy) is 1. The maximum atomic E-state index is 12.6. The first-order chi connectivity index (χ1) is 13.8. The summed E-state index contributed by atoms with van der Waals surface area (Å²) in [6.07, 6.45) is -0.696. The fourth-order valence-electron chi connectivity index (χ4n) is 2.72. The molecule has 2 aromatic carbocycles. The molecular formula is C21H22N2O4S2. The molecular weight excluding hydrogens is 408 g/mol. The highest BCUT2D eigenvalue weighted by Gasteiger charge is 2.23. The summed E-state index contributed by atoms with van der Waals surface area (Å²) in [6.45, 7) is 1.68. The monoisotopic (exact) mass is 430 g/mol. The summed E-state index contributed by atoms with van der Waals surface area (Å²) in [6, 6.07) is 19.2. The van der Waals surface area contributed by atoms with E-state index in [4.69, 9.17) is 4.74 Å². The molecule has 29 heavy (non-hydrogen) atoms. The van der Waals surface area contributed by atoms with Crippen molar-refractivity contribution in [2.24, 2.45) is 0 Å². The van der Waals surface area contributed by atoms with Crippen LogP contribution in [0.1, 0.15) is 6.92 Å². The van der Waals surface area contributed by atoms with Crippen LogP contribution in [0.3, 0.4) is 0 Å². The number of rotatable bonds is 7. The van der Waals surface area contributed by atoms with Gasteiger partial charge in [0.2, 0.25) is 0 Å². The van der Waals surface area contributed by atoms with Gasteiger partial charge in [0, 0.05) is 19.8 Å². The van der Waals surface area contributed by atoms with Gasteiger partial charge >= 0.3 is 0 Å². The molecule has 0 unspecified atom stereocenters. The van der Waals surface area contributed by atoms with Crippen LogP contribution < -0.4 is 13.9 Å². The van der Waals surface area contributed by atoms with Gasteiger partial charge in [0.15, 0.2) is 6.10 Å². The van der Waals surface area contributed by atoms with Crippen LogP contribution in [-0.4, -0.2) is 34.5 Å². The third kappa shape index (κ3) is 4.60. The zero-order chi connectivity index (χ0) is 21.0. The molecule has 3 rings (SSSR count). The molecule has 8 heteroatoms. The van der Waals surface area contributed by atoms with E-state index in [9.17, 15) is 13.2 Å². The van der Waals surface area contributed by atoms with E-state index in [1.807, 2.05) is 30.3 Å². The number of hydrogen-bond acceptors (Lipinski definition) is 5. The number of carbonyl (C=O) groups is 1. The molecule has 6 nitrogen and oxygen atoms in total. The van der Waals surface area contributed by atoms with E-state index in [1.165, 1.54) is 22.7 Å². The Bertz CT molecular complexity index is 1050. The molecule has 0 aliphatic rings. The SMILES string of the molecule is C[C@@H](Oc1ccc(N(C)S(=O)(=O)c2cccs2)cc1)C(=O)N(C)c1ccccc1. The van der Waals surface area contributed by atoms with E-state index < -0.39 is 16.1 Å². The number of sulfonamides is 1. The first-order valence-corrected chi connectivity index (χ1v) is 11.2.